The Morgan fingerprint density at radius 1 is 1.14 bits per heavy atom. The van der Waals surface area contributed by atoms with Crippen LogP contribution in [-0.4, -0.2) is 26.2 Å². The van der Waals surface area contributed by atoms with Crippen LogP contribution in [0, 0.1) is 0 Å². The number of hydrogen-bond acceptors (Lipinski definition) is 6. The quantitative estimate of drug-likeness (QED) is 0.674. The number of halogens is 3. The van der Waals surface area contributed by atoms with Crippen molar-refractivity contribution in [1.82, 2.24) is 0 Å². The van der Waals surface area contributed by atoms with Crippen LogP contribution in [0.15, 0.2) is 46.4 Å². The molecule has 5 nitrogen and oxygen atoms in total. The van der Waals surface area contributed by atoms with Gasteiger partial charge in [-0.05, 0) is 31.5 Å². The number of carbonyl (C=O) groups excluding carboxylic acids is 1. The van der Waals surface area contributed by atoms with Crippen LogP contribution in [0.5, 0.6) is 5.06 Å². The number of hydrogen-bond donors (Lipinski definition) is 0. The highest BCUT2D eigenvalue weighted by atomic mass is 32.2. The third-order valence-electron chi connectivity index (χ3n) is 4.04. The number of carbonyl (C=O) groups is 1. The Hall–Kier alpha value is -2.33. The first-order valence-corrected chi connectivity index (χ1v) is 10.7. The first-order chi connectivity index (χ1) is 12.8. The predicted octanol–water partition coefficient (Wildman–Crippen LogP) is 4.30. The highest BCUT2D eigenvalue weighted by molar-refractivity contribution is 7.90. The number of esters is 1. The number of benzene rings is 1. The fourth-order valence-corrected chi connectivity index (χ4v) is 4.17. The summed E-state index contributed by atoms with van der Waals surface area (Å²) in [5, 5.41) is 0.782. The summed E-state index contributed by atoms with van der Waals surface area (Å²) in [6.07, 6.45) is -3.46. The van der Waals surface area contributed by atoms with Crippen LogP contribution < -0.4 is 4.74 Å². The van der Waals surface area contributed by atoms with E-state index < -0.39 is 33.1 Å². The summed E-state index contributed by atoms with van der Waals surface area (Å²) in [6, 6.07) is 6.55. The van der Waals surface area contributed by atoms with Crippen LogP contribution in [0.3, 0.4) is 0 Å². The fraction of sp³-hybridized carbons (Fsp3) is 0.278. The molecule has 1 aliphatic rings. The molecular formula is C18H15F3O5S2. The average molecular weight is 432 g/mol. The second-order valence-corrected chi connectivity index (χ2v) is 9.54. The van der Waals surface area contributed by atoms with E-state index in [9.17, 15) is 26.4 Å². The van der Waals surface area contributed by atoms with Crippen molar-refractivity contribution in [2.75, 3.05) is 6.26 Å². The molecule has 0 saturated heterocycles. The van der Waals surface area contributed by atoms with Gasteiger partial charge in [0, 0.05) is 17.7 Å². The number of ether oxygens (including phenoxy) is 2. The molecule has 0 amide bonds. The van der Waals surface area contributed by atoms with Crippen molar-refractivity contribution in [2.24, 2.45) is 0 Å². The van der Waals surface area contributed by atoms with E-state index in [0.717, 1.165) is 17.7 Å². The molecule has 1 aromatic heterocycles. The molecule has 0 aliphatic carbocycles. The highest BCUT2D eigenvalue weighted by Gasteiger charge is 2.43. The molecule has 2 heterocycles. The Balaban J connectivity index is 2.04. The summed E-state index contributed by atoms with van der Waals surface area (Å²) in [6.45, 7) is 3.22. The van der Waals surface area contributed by atoms with Gasteiger partial charge >= 0.3 is 12.1 Å². The first kappa shape index (κ1) is 20.4. The Kier molecular flexibility index (Phi) is 4.83. The fourth-order valence-electron chi connectivity index (χ4n) is 2.76. The molecule has 0 fully saturated rings. The van der Waals surface area contributed by atoms with Crippen LogP contribution in [0.25, 0.3) is 5.57 Å². The van der Waals surface area contributed by atoms with Crippen LogP contribution in [0.4, 0.5) is 13.2 Å². The summed E-state index contributed by atoms with van der Waals surface area (Å²) in [7, 11) is -3.41. The minimum absolute atomic E-state index is 0.0930. The van der Waals surface area contributed by atoms with Gasteiger partial charge in [-0.15, -0.1) is 11.3 Å². The van der Waals surface area contributed by atoms with E-state index in [-0.39, 0.29) is 15.7 Å². The van der Waals surface area contributed by atoms with Gasteiger partial charge in [0.15, 0.2) is 14.9 Å². The zero-order valence-electron chi connectivity index (χ0n) is 15.0. The van der Waals surface area contributed by atoms with Crippen LogP contribution in [0.2, 0.25) is 0 Å². The van der Waals surface area contributed by atoms with Crippen molar-refractivity contribution in [3.63, 3.8) is 0 Å². The number of thiophene rings is 1. The monoisotopic (exact) mass is 432 g/mol. The topological polar surface area (TPSA) is 69.7 Å². The van der Waals surface area contributed by atoms with Gasteiger partial charge in [-0.25, -0.2) is 13.2 Å². The van der Waals surface area contributed by atoms with E-state index in [1.807, 2.05) is 0 Å². The smallest absolute Gasteiger partial charge is 0.417 e. The third-order valence-corrected chi connectivity index (χ3v) is 5.97. The summed E-state index contributed by atoms with van der Waals surface area (Å²) in [5.41, 5.74) is -1.20. The van der Waals surface area contributed by atoms with Crippen LogP contribution in [0.1, 0.15) is 25.0 Å². The first-order valence-electron chi connectivity index (χ1n) is 7.91. The maximum absolute atomic E-state index is 12.8. The SMILES string of the molecule is CC1(C)OC(=O)C(Oc2cc(C(F)(F)F)cs2)=C1c1ccc(S(C)(=O)=O)cc1. The Labute approximate surface area is 163 Å². The lowest BCUT2D eigenvalue weighted by Gasteiger charge is -2.21. The van der Waals surface area contributed by atoms with Crippen LogP contribution >= 0.6 is 11.3 Å². The molecule has 1 aromatic carbocycles. The van der Waals surface area contributed by atoms with Gasteiger partial charge in [-0.1, -0.05) is 12.1 Å². The molecule has 0 bridgehead atoms. The average Bonchev–Trinajstić information content (AvgIpc) is 3.09. The van der Waals surface area contributed by atoms with Crippen molar-refractivity contribution in [2.45, 2.75) is 30.5 Å². The lowest BCUT2D eigenvalue weighted by Crippen LogP contribution is -2.22. The molecule has 150 valence electrons. The molecule has 10 heteroatoms. The van der Waals surface area contributed by atoms with Crippen molar-refractivity contribution in [3.8, 4) is 5.06 Å². The van der Waals surface area contributed by atoms with E-state index in [1.54, 1.807) is 13.8 Å². The molecule has 0 atom stereocenters. The second-order valence-electron chi connectivity index (χ2n) is 6.65. The zero-order chi connectivity index (χ0) is 20.9. The lowest BCUT2D eigenvalue weighted by atomic mass is 9.92. The second kappa shape index (κ2) is 6.63. The van der Waals surface area contributed by atoms with Gasteiger partial charge in [0.05, 0.1) is 16.0 Å². The molecule has 0 saturated carbocycles. The third kappa shape index (κ3) is 3.93. The van der Waals surface area contributed by atoms with E-state index in [2.05, 4.69) is 0 Å². The maximum atomic E-state index is 12.8. The van der Waals surface area contributed by atoms with Gasteiger partial charge < -0.3 is 9.47 Å². The molecule has 28 heavy (non-hydrogen) atoms. The van der Waals surface area contributed by atoms with Crippen LogP contribution in [-0.2, 0) is 25.5 Å². The largest absolute Gasteiger partial charge is 0.449 e. The van der Waals surface area contributed by atoms with E-state index in [4.69, 9.17) is 9.47 Å². The summed E-state index contributed by atoms with van der Waals surface area (Å²) in [4.78, 5) is 12.4. The number of sulfone groups is 1. The molecule has 0 unspecified atom stereocenters. The molecule has 2 aromatic rings. The van der Waals surface area contributed by atoms with Crippen molar-refractivity contribution in [3.05, 3.63) is 52.6 Å². The normalized spacial score (nSPS) is 17.0. The number of alkyl halides is 3. The van der Waals surface area contributed by atoms with Crippen molar-refractivity contribution in [1.29, 1.82) is 0 Å². The summed E-state index contributed by atoms with van der Waals surface area (Å²) in [5.74, 6) is -1.04. The van der Waals surface area contributed by atoms with Crippen molar-refractivity contribution >= 4 is 32.7 Å². The van der Waals surface area contributed by atoms with Crippen molar-refractivity contribution < 1.29 is 35.9 Å². The summed E-state index contributed by atoms with van der Waals surface area (Å²) < 4.78 is 72.4. The molecule has 1 aliphatic heterocycles. The van der Waals surface area contributed by atoms with Gasteiger partial charge in [-0.2, -0.15) is 13.2 Å². The summed E-state index contributed by atoms with van der Waals surface area (Å²) >= 11 is 0.705. The molecular weight excluding hydrogens is 417 g/mol. The Morgan fingerprint density at radius 3 is 2.25 bits per heavy atom. The number of cyclic esters (lactones) is 1. The Bertz CT molecular complexity index is 1060. The minimum atomic E-state index is -4.52. The predicted molar refractivity (Wildman–Crippen MR) is 96.6 cm³/mol. The van der Waals surface area contributed by atoms with E-state index >= 15 is 0 Å². The standard InChI is InChI=1S/C18H15F3O5S2/c1-17(2)14(10-4-6-12(7-5-10)28(3,23)24)15(16(22)26-17)25-13-8-11(9-27-13)18(19,20)21/h4-9H,1-3H3. The van der Waals surface area contributed by atoms with Gasteiger partial charge in [0.2, 0.25) is 5.76 Å². The van der Waals surface area contributed by atoms with E-state index in [1.165, 1.54) is 24.3 Å². The number of rotatable bonds is 4. The maximum Gasteiger partial charge on any atom is 0.417 e. The lowest BCUT2D eigenvalue weighted by molar-refractivity contribution is -0.145. The Morgan fingerprint density at radius 2 is 1.75 bits per heavy atom. The minimum Gasteiger partial charge on any atom is -0.449 e. The van der Waals surface area contributed by atoms with E-state index in [0.29, 0.717) is 22.5 Å². The van der Waals surface area contributed by atoms with Gasteiger partial charge in [0.25, 0.3) is 0 Å². The molecule has 0 spiro atoms. The van der Waals surface area contributed by atoms with Gasteiger partial charge in [0.1, 0.15) is 5.60 Å². The highest BCUT2D eigenvalue weighted by Crippen LogP contribution is 2.42. The molecule has 0 radical (unpaired) electrons. The molecule has 3 rings (SSSR count). The molecule has 0 N–H and O–H groups in total. The van der Waals surface area contributed by atoms with Gasteiger partial charge in [-0.3, -0.25) is 0 Å². The zero-order valence-corrected chi connectivity index (χ0v) is 16.6.